The molecule has 0 aliphatic carbocycles. The highest BCUT2D eigenvalue weighted by atomic mass is 16.4. The Hall–Kier alpha value is -2.80. The van der Waals surface area contributed by atoms with Gasteiger partial charge in [-0.1, -0.05) is 18.2 Å². The fourth-order valence-corrected chi connectivity index (χ4v) is 1.75. The molecule has 3 N–H and O–H groups in total. The number of benzene rings is 1. The monoisotopic (exact) mass is 238 g/mol. The number of pyridine rings is 1. The Morgan fingerprint density at radius 2 is 2.00 bits per heavy atom. The smallest absolute Gasteiger partial charge is 0.339 e. The highest BCUT2D eigenvalue weighted by molar-refractivity contribution is 5.99. The molecule has 0 aliphatic rings. The Kier molecular flexibility index (Phi) is 2.98. The third-order valence-corrected chi connectivity index (χ3v) is 2.55. The summed E-state index contributed by atoms with van der Waals surface area (Å²) in [5.41, 5.74) is 7.55. The van der Waals surface area contributed by atoms with Crippen molar-refractivity contribution in [1.29, 1.82) is 0 Å². The van der Waals surface area contributed by atoms with Crippen LogP contribution in [0.2, 0.25) is 0 Å². The van der Waals surface area contributed by atoms with Crippen LogP contribution in [-0.2, 0) is 0 Å². The lowest BCUT2D eigenvalue weighted by Gasteiger charge is -2.09. The van der Waals surface area contributed by atoms with Crippen LogP contribution in [0.25, 0.3) is 11.1 Å². The standard InChI is InChI=1S/C14H10N2O2/c1-2-12-13(14(17)18)10(7-8-16-12)9-5-3-4-6-11(9)15/h1,3-8H,15H2,(H,17,18). The first-order chi connectivity index (χ1) is 8.65. The number of carboxylic acids is 1. The van der Waals surface area contributed by atoms with Gasteiger partial charge in [0.2, 0.25) is 0 Å². The predicted molar refractivity (Wildman–Crippen MR) is 69.0 cm³/mol. The molecular weight excluding hydrogens is 228 g/mol. The summed E-state index contributed by atoms with van der Waals surface area (Å²) in [6, 6.07) is 8.61. The molecule has 0 bridgehead atoms. The van der Waals surface area contributed by atoms with Gasteiger partial charge in [-0.25, -0.2) is 9.78 Å². The van der Waals surface area contributed by atoms with Gasteiger partial charge < -0.3 is 10.8 Å². The SMILES string of the molecule is C#Cc1nccc(-c2ccccc2N)c1C(=O)O. The van der Waals surface area contributed by atoms with E-state index in [9.17, 15) is 9.90 Å². The molecule has 1 aromatic carbocycles. The van der Waals surface area contributed by atoms with Gasteiger partial charge in [-0.3, -0.25) is 0 Å². The Morgan fingerprint density at radius 3 is 2.61 bits per heavy atom. The zero-order valence-electron chi connectivity index (χ0n) is 9.42. The van der Waals surface area contributed by atoms with Crippen molar-refractivity contribution in [2.24, 2.45) is 0 Å². The molecule has 1 heterocycles. The average molecular weight is 238 g/mol. The number of nitrogens with zero attached hydrogens (tertiary/aromatic N) is 1. The third kappa shape index (κ3) is 1.89. The van der Waals surface area contributed by atoms with Crippen molar-refractivity contribution in [2.75, 3.05) is 5.73 Å². The summed E-state index contributed by atoms with van der Waals surface area (Å²) < 4.78 is 0. The maximum atomic E-state index is 11.3. The Labute approximate surface area is 104 Å². The molecule has 2 aromatic rings. The number of aromatic carboxylic acids is 1. The topological polar surface area (TPSA) is 76.2 Å². The van der Waals surface area contributed by atoms with Crippen LogP contribution in [0.15, 0.2) is 36.5 Å². The van der Waals surface area contributed by atoms with Crippen LogP contribution in [0.4, 0.5) is 5.69 Å². The van der Waals surface area contributed by atoms with E-state index < -0.39 is 5.97 Å². The number of aromatic nitrogens is 1. The van der Waals surface area contributed by atoms with Gasteiger partial charge in [-0.2, -0.15) is 0 Å². The van der Waals surface area contributed by atoms with Gasteiger partial charge in [0.15, 0.2) is 0 Å². The van der Waals surface area contributed by atoms with Crippen LogP contribution in [0, 0.1) is 12.3 Å². The normalized spacial score (nSPS) is 9.72. The number of anilines is 1. The number of carbonyl (C=O) groups is 1. The highest BCUT2D eigenvalue weighted by Crippen LogP contribution is 2.29. The molecule has 4 nitrogen and oxygen atoms in total. The molecular formula is C14H10N2O2. The fraction of sp³-hybridized carbons (Fsp3) is 0. The average Bonchev–Trinajstić information content (AvgIpc) is 2.38. The molecule has 4 heteroatoms. The lowest BCUT2D eigenvalue weighted by molar-refractivity contribution is 0.0697. The molecule has 18 heavy (non-hydrogen) atoms. The van der Waals surface area contributed by atoms with Gasteiger partial charge >= 0.3 is 5.97 Å². The number of terminal acetylenes is 1. The third-order valence-electron chi connectivity index (χ3n) is 2.55. The minimum atomic E-state index is -1.12. The second kappa shape index (κ2) is 4.60. The second-order valence-electron chi connectivity index (χ2n) is 3.62. The zero-order chi connectivity index (χ0) is 13.1. The van der Waals surface area contributed by atoms with E-state index >= 15 is 0 Å². The predicted octanol–water partition coefficient (Wildman–Crippen LogP) is 2.01. The minimum absolute atomic E-state index is 0.00194. The lowest BCUT2D eigenvalue weighted by Crippen LogP contribution is -2.06. The van der Waals surface area contributed by atoms with E-state index in [-0.39, 0.29) is 11.3 Å². The van der Waals surface area contributed by atoms with Crippen molar-refractivity contribution in [1.82, 2.24) is 4.98 Å². The summed E-state index contributed by atoms with van der Waals surface area (Å²) in [6.45, 7) is 0. The molecule has 0 amide bonds. The van der Waals surface area contributed by atoms with Crippen molar-refractivity contribution < 1.29 is 9.90 Å². The Morgan fingerprint density at radius 1 is 1.28 bits per heavy atom. The van der Waals surface area contributed by atoms with E-state index in [2.05, 4.69) is 10.9 Å². The first-order valence-electron chi connectivity index (χ1n) is 5.19. The van der Waals surface area contributed by atoms with E-state index in [4.69, 9.17) is 12.2 Å². The molecule has 2 rings (SSSR count). The van der Waals surface area contributed by atoms with E-state index in [1.54, 1.807) is 30.3 Å². The van der Waals surface area contributed by atoms with E-state index in [1.807, 2.05) is 0 Å². The summed E-state index contributed by atoms with van der Waals surface area (Å²) >= 11 is 0. The number of nitrogens with two attached hydrogens (primary N) is 1. The molecule has 0 aliphatic heterocycles. The largest absolute Gasteiger partial charge is 0.478 e. The van der Waals surface area contributed by atoms with Crippen LogP contribution in [0.3, 0.4) is 0 Å². The molecule has 0 spiro atoms. The molecule has 0 fully saturated rings. The molecule has 1 aromatic heterocycles. The van der Waals surface area contributed by atoms with Crippen LogP contribution in [0.5, 0.6) is 0 Å². The molecule has 0 unspecified atom stereocenters. The number of carboxylic acid groups (broad SMARTS) is 1. The van der Waals surface area contributed by atoms with Gasteiger partial charge in [0.25, 0.3) is 0 Å². The van der Waals surface area contributed by atoms with E-state index in [1.165, 1.54) is 6.20 Å². The highest BCUT2D eigenvalue weighted by Gasteiger charge is 2.17. The summed E-state index contributed by atoms with van der Waals surface area (Å²) in [5, 5.41) is 9.25. The van der Waals surface area contributed by atoms with Crippen molar-refractivity contribution in [3.8, 4) is 23.5 Å². The molecule has 0 saturated carbocycles. The van der Waals surface area contributed by atoms with Gasteiger partial charge in [0.1, 0.15) is 11.3 Å². The number of rotatable bonds is 2. The first kappa shape index (κ1) is 11.7. The van der Waals surface area contributed by atoms with Crippen LogP contribution >= 0.6 is 0 Å². The number of hydrogen-bond donors (Lipinski definition) is 2. The van der Waals surface area contributed by atoms with Gasteiger partial charge in [0.05, 0.1) is 0 Å². The van der Waals surface area contributed by atoms with Crippen LogP contribution in [0.1, 0.15) is 16.1 Å². The second-order valence-corrected chi connectivity index (χ2v) is 3.62. The summed E-state index contributed by atoms with van der Waals surface area (Å²) in [6.07, 6.45) is 6.74. The number of nitrogen functional groups attached to an aromatic ring is 1. The van der Waals surface area contributed by atoms with Gasteiger partial charge in [-0.15, -0.1) is 6.42 Å². The maximum Gasteiger partial charge on any atom is 0.339 e. The minimum Gasteiger partial charge on any atom is -0.478 e. The molecule has 88 valence electrons. The lowest BCUT2D eigenvalue weighted by atomic mass is 9.98. The van der Waals surface area contributed by atoms with Gasteiger partial charge in [0, 0.05) is 23.0 Å². The Bertz CT molecular complexity index is 657. The van der Waals surface area contributed by atoms with E-state index in [0.29, 0.717) is 16.8 Å². The van der Waals surface area contributed by atoms with Gasteiger partial charge in [-0.05, 0) is 18.1 Å². The van der Waals surface area contributed by atoms with Crippen molar-refractivity contribution >= 4 is 11.7 Å². The quantitative estimate of drug-likeness (QED) is 0.619. The van der Waals surface area contributed by atoms with Crippen LogP contribution < -0.4 is 5.73 Å². The summed E-state index contributed by atoms with van der Waals surface area (Å²) in [7, 11) is 0. The molecule has 0 atom stereocenters. The van der Waals surface area contributed by atoms with Crippen LogP contribution in [-0.4, -0.2) is 16.1 Å². The number of para-hydroxylation sites is 1. The summed E-state index contributed by atoms with van der Waals surface area (Å²) in [5.74, 6) is 1.16. The molecule has 0 saturated heterocycles. The first-order valence-corrected chi connectivity index (χ1v) is 5.19. The number of hydrogen-bond acceptors (Lipinski definition) is 3. The zero-order valence-corrected chi connectivity index (χ0v) is 9.42. The van der Waals surface area contributed by atoms with E-state index in [0.717, 1.165) is 0 Å². The fourth-order valence-electron chi connectivity index (χ4n) is 1.75. The molecule has 0 radical (unpaired) electrons. The maximum absolute atomic E-state index is 11.3. The van der Waals surface area contributed by atoms with Crippen molar-refractivity contribution in [3.63, 3.8) is 0 Å². The Balaban J connectivity index is 2.77. The van der Waals surface area contributed by atoms with Crippen molar-refractivity contribution in [2.45, 2.75) is 0 Å². The van der Waals surface area contributed by atoms with Crippen molar-refractivity contribution in [3.05, 3.63) is 47.8 Å². The summed E-state index contributed by atoms with van der Waals surface area (Å²) in [4.78, 5) is 15.2.